The molecule has 0 spiro atoms. The fourth-order valence-electron chi connectivity index (χ4n) is 2.28. The minimum Gasteiger partial charge on any atom is -0.497 e. The lowest BCUT2D eigenvalue weighted by Gasteiger charge is -2.04. The molecule has 0 N–H and O–H groups in total. The van der Waals surface area contributed by atoms with Crippen molar-refractivity contribution in [3.8, 4) is 17.1 Å². The van der Waals surface area contributed by atoms with Gasteiger partial charge in [0, 0.05) is 12.6 Å². The maximum atomic E-state index is 12.3. The van der Waals surface area contributed by atoms with Crippen molar-refractivity contribution in [2.45, 2.75) is 12.1 Å². The number of nitrogens with zero attached hydrogens (tertiary/aromatic N) is 3. The van der Waals surface area contributed by atoms with Crippen molar-refractivity contribution in [1.29, 1.82) is 0 Å². The average molecular weight is 343 g/mol. The molecule has 3 aromatic rings. The Morgan fingerprint density at radius 3 is 2.62 bits per heavy atom. The second kappa shape index (κ2) is 6.92. The summed E-state index contributed by atoms with van der Waals surface area (Å²) in [6, 6.07) is 8.94. The van der Waals surface area contributed by atoms with Gasteiger partial charge in [0.05, 0.1) is 24.7 Å². The van der Waals surface area contributed by atoms with E-state index in [9.17, 15) is 4.79 Å². The van der Waals surface area contributed by atoms with Crippen LogP contribution in [-0.4, -0.2) is 33.4 Å². The molecule has 1 aromatic carbocycles. The van der Waals surface area contributed by atoms with Crippen LogP contribution in [0, 0.1) is 6.92 Å². The van der Waals surface area contributed by atoms with Gasteiger partial charge >= 0.3 is 0 Å². The van der Waals surface area contributed by atoms with Crippen LogP contribution in [0.5, 0.6) is 5.75 Å². The average Bonchev–Trinajstić information content (AvgIpc) is 3.18. The van der Waals surface area contributed by atoms with Gasteiger partial charge in [0.1, 0.15) is 11.5 Å². The van der Waals surface area contributed by atoms with Crippen LogP contribution in [0.15, 0.2) is 46.2 Å². The quantitative estimate of drug-likeness (QED) is 0.505. The smallest absolute Gasteiger partial charge is 0.191 e. The summed E-state index contributed by atoms with van der Waals surface area (Å²) in [6.07, 6.45) is 1.62. The third-order valence-electron chi connectivity index (χ3n) is 3.68. The van der Waals surface area contributed by atoms with E-state index in [1.165, 1.54) is 11.8 Å². The zero-order valence-corrected chi connectivity index (χ0v) is 14.5. The number of methoxy groups -OCH3 is 1. The fraction of sp³-hybridized carbons (Fsp3) is 0.235. The number of rotatable bonds is 6. The van der Waals surface area contributed by atoms with Crippen LogP contribution in [-0.2, 0) is 7.05 Å². The number of carbonyl (C=O) groups excluding carboxylic acids is 1. The lowest BCUT2D eigenvalue weighted by Crippen LogP contribution is -2.04. The van der Waals surface area contributed by atoms with E-state index in [1.807, 2.05) is 24.6 Å². The van der Waals surface area contributed by atoms with Gasteiger partial charge in [-0.3, -0.25) is 4.79 Å². The molecule has 0 unspecified atom stereocenters. The van der Waals surface area contributed by atoms with Gasteiger partial charge in [-0.15, -0.1) is 10.2 Å². The summed E-state index contributed by atoms with van der Waals surface area (Å²) in [6.45, 7) is 1.88. The van der Waals surface area contributed by atoms with E-state index in [1.54, 1.807) is 37.6 Å². The Balaban J connectivity index is 1.69. The first-order valence-corrected chi connectivity index (χ1v) is 8.32. The maximum Gasteiger partial charge on any atom is 0.191 e. The number of hydrogen-bond acceptors (Lipinski definition) is 6. The van der Waals surface area contributed by atoms with Crippen LogP contribution >= 0.6 is 11.8 Å². The number of ether oxygens (including phenoxy) is 1. The number of aromatic nitrogens is 3. The molecule has 0 aliphatic rings. The van der Waals surface area contributed by atoms with Crippen LogP contribution in [0.4, 0.5) is 0 Å². The van der Waals surface area contributed by atoms with Crippen LogP contribution in [0.1, 0.15) is 16.1 Å². The lowest BCUT2D eigenvalue weighted by molar-refractivity contribution is 0.102. The highest BCUT2D eigenvalue weighted by Crippen LogP contribution is 2.26. The summed E-state index contributed by atoms with van der Waals surface area (Å²) in [5.74, 6) is 2.57. The molecule has 0 atom stereocenters. The van der Waals surface area contributed by atoms with Crippen LogP contribution < -0.4 is 4.74 Å². The second-order valence-electron chi connectivity index (χ2n) is 5.20. The third kappa shape index (κ3) is 3.21. The highest BCUT2D eigenvalue weighted by Gasteiger charge is 2.16. The molecule has 2 heterocycles. The van der Waals surface area contributed by atoms with Crippen molar-refractivity contribution in [1.82, 2.24) is 14.8 Å². The Hall–Kier alpha value is -2.54. The number of furan rings is 1. The van der Waals surface area contributed by atoms with Gasteiger partial charge in [0.25, 0.3) is 0 Å². The predicted octanol–water partition coefficient (Wildman–Crippen LogP) is 3.37. The van der Waals surface area contributed by atoms with E-state index in [4.69, 9.17) is 9.15 Å². The molecule has 0 amide bonds. The first-order valence-electron chi connectivity index (χ1n) is 7.34. The van der Waals surface area contributed by atoms with Gasteiger partial charge in [-0.1, -0.05) is 11.8 Å². The van der Waals surface area contributed by atoms with E-state index in [0.29, 0.717) is 16.5 Å². The summed E-state index contributed by atoms with van der Waals surface area (Å²) in [7, 11) is 3.47. The fourth-order valence-corrected chi connectivity index (χ4v) is 3.09. The molecule has 0 saturated heterocycles. The van der Waals surface area contributed by atoms with E-state index in [2.05, 4.69) is 10.2 Å². The summed E-state index contributed by atoms with van der Waals surface area (Å²) in [5.41, 5.74) is 1.55. The van der Waals surface area contributed by atoms with Crippen molar-refractivity contribution < 1.29 is 13.9 Å². The number of carbonyl (C=O) groups is 1. The van der Waals surface area contributed by atoms with Crippen molar-refractivity contribution in [2.75, 3.05) is 12.9 Å². The van der Waals surface area contributed by atoms with Gasteiger partial charge < -0.3 is 13.7 Å². The molecular formula is C17H17N3O3S. The van der Waals surface area contributed by atoms with E-state index in [0.717, 1.165) is 22.9 Å². The summed E-state index contributed by atoms with van der Waals surface area (Å²) < 4.78 is 12.3. The van der Waals surface area contributed by atoms with Gasteiger partial charge in [0.2, 0.25) is 0 Å². The summed E-state index contributed by atoms with van der Waals surface area (Å²) >= 11 is 1.36. The molecule has 0 bridgehead atoms. The number of benzene rings is 1. The lowest BCUT2D eigenvalue weighted by atomic mass is 10.1. The molecule has 7 heteroatoms. The molecule has 0 saturated carbocycles. The van der Waals surface area contributed by atoms with Gasteiger partial charge in [0.15, 0.2) is 16.8 Å². The molecule has 3 rings (SSSR count). The predicted molar refractivity (Wildman–Crippen MR) is 91.5 cm³/mol. The van der Waals surface area contributed by atoms with Crippen molar-refractivity contribution in [2.24, 2.45) is 7.05 Å². The molecule has 0 radical (unpaired) electrons. The van der Waals surface area contributed by atoms with Crippen molar-refractivity contribution >= 4 is 17.5 Å². The number of Topliss-reactive ketones (excluding diaryl/α,β-unsaturated/α-hetero) is 1. The summed E-state index contributed by atoms with van der Waals surface area (Å²) in [5, 5.41) is 9.05. The topological polar surface area (TPSA) is 70.2 Å². The van der Waals surface area contributed by atoms with Crippen molar-refractivity contribution in [3.63, 3.8) is 0 Å². The maximum absolute atomic E-state index is 12.3. The molecule has 124 valence electrons. The number of hydrogen-bond donors (Lipinski definition) is 0. The Bertz CT molecular complexity index is 852. The monoisotopic (exact) mass is 343 g/mol. The minimum absolute atomic E-state index is 0.0340. The number of aryl methyl sites for hydroxylation is 1. The normalized spacial score (nSPS) is 10.8. The van der Waals surface area contributed by atoms with Crippen LogP contribution in [0.25, 0.3) is 11.4 Å². The molecule has 0 aliphatic heterocycles. The third-order valence-corrected chi connectivity index (χ3v) is 4.70. The largest absolute Gasteiger partial charge is 0.497 e. The Morgan fingerprint density at radius 1 is 1.25 bits per heavy atom. The molecule has 6 nitrogen and oxygen atoms in total. The molecule has 0 aliphatic carbocycles. The minimum atomic E-state index is 0.0340. The Morgan fingerprint density at radius 2 is 2.00 bits per heavy atom. The molecule has 24 heavy (non-hydrogen) atoms. The molecular weight excluding hydrogens is 326 g/mol. The SMILES string of the molecule is COc1ccc(C(=O)CSc2nnc(-c3ccoc3C)n2C)cc1. The van der Waals surface area contributed by atoms with Gasteiger partial charge in [-0.05, 0) is 37.3 Å². The number of ketones is 1. The van der Waals surface area contributed by atoms with Gasteiger partial charge in [-0.2, -0.15) is 0 Å². The number of thioether (sulfide) groups is 1. The van der Waals surface area contributed by atoms with E-state index >= 15 is 0 Å². The highest BCUT2D eigenvalue weighted by atomic mass is 32.2. The zero-order valence-electron chi connectivity index (χ0n) is 13.6. The first-order chi connectivity index (χ1) is 11.6. The molecule has 2 aromatic heterocycles. The van der Waals surface area contributed by atoms with E-state index < -0.39 is 0 Å². The molecule has 0 fully saturated rings. The van der Waals surface area contributed by atoms with Crippen LogP contribution in [0.3, 0.4) is 0 Å². The second-order valence-corrected chi connectivity index (χ2v) is 6.14. The van der Waals surface area contributed by atoms with Gasteiger partial charge in [-0.25, -0.2) is 0 Å². The Kier molecular flexibility index (Phi) is 4.71. The standard InChI is InChI=1S/C17H17N3O3S/c1-11-14(8-9-23-11)16-18-19-17(20(16)2)24-10-15(21)12-4-6-13(22-3)7-5-12/h4-9H,10H2,1-3H3. The van der Waals surface area contributed by atoms with Crippen LogP contribution in [0.2, 0.25) is 0 Å². The summed E-state index contributed by atoms with van der Waals surface area (Å²) in [4.78, 5) is 12.3. The van der Waals surface area contributed by atoms with Crippen molar-refractivity contribution in [3.05, 3.63) is 47.9 Å². The first kappa shape index (κ1) is 16.3. The van der Waals surface area contributed by atoms with E-state index in [-0.39, 0.29) is 5.78 Å². The highest BCUT2D eigenvalue weighted by molar-refractivity contribution is 7.99. The Labute approximate surface area is 143 Å². The zero-order chi connectivity index (χ0) is 17.1.